The molecule has 10 heteroatoms. The number of halogens is 1. The first kappa shape index (κ1) is 25.0. The number of sulfonamides is 1. The van der Waals surface area contributed by atoms with E-state index in [1.54, 1.807) is 18.4 Å². The van der Waals surface area contributed by atoms with Gasteiger partial charge in [-0.25, -0.2) is 13.4 Å². The van der Waals surface area contributed by atoms with Crippen LogP contribution in [0, 0.1) is 0 Å². The molecule has 1 heterocycles. The minimum absolute atomic E-state index is 0.230. The Bertz CT molecular complexity index is 1160. The zero-order chi connectivity index (χ0) is 24.0. The minimum atomic E-state index is -3.47. The van der Waals surface area contributed by atoms with E-state index in [4.69, 9.17) is 20.8 Å². The lowest BCUT2D eigenvalue weighted by atomic mass is 10.1. The van der Waals surface area contributed by atoms with Crippen molar-refractivity contribution < 1.29 is 22.7 Å². The maximum absolute atomic E-state index is 11.4. The van der Waals surface area contributed by atoms with Crippen LogP contribution < -0.4 is 14.8 Å². The summed E-state index contributed by atoms with van der Waals surface area (Å²) in [4.78, 5) is 4.48. The molecule has 0 unspecified atom stereocenters. The van der Waals surface area contributed by atoms with E-state index in [0.717, 1.165) is 23.3 Å². The molecule has 3 aromatic rings. The molecule has 0 aliphatic rings. The summed E-state index contributed by atoms with van der Waals surface area (Å²) in [5.74, 6) is 1.67. The number of anilines is 1. The Labute approximate surface area is 199 Å². The highest BCUT2D eigenvalue weighted by atomic mass is 35.5. The molecule has 0 bridgehead atoms. The van der Waals surface area contributed by atoms with Crippen molar-refractivity contribution in [2.24, 2.45) is 0 Å². The summed E-state index contributed by atoms with van der Waals surface area (Å²) >= 11 is 6.02. The fraction of sp³-hybridized carbons (Fsp3) is 0.348. The monoisotopic (exact) mass is 493 g/mol. The van der Waals surface area contributed by atoms with Gasteiger partial charge in [0.1, 0.15) is 24.3 Å². The summed E-state index contributed by atoms with van der Waals surface area (Å²) in [5.41, 5.74) is 2.52. The highest BCUT2D eigenvalue weighted by Crippen LogP contribution is 2.27. The molecule has 3 N–H and O–H groups in total. The Morgan fingerprint density at radius 3 is 2.55 bits per heavy atom. The summed E-state index contributed by atoms with van der Waals surface area (Å²) < 4.78 is 36.4. The maximum Gasteiger partial charge on any atom is 0.229 e. The molecule has 2 aromatic carbocycles. The van der Waals surface area contributed by atoms with E-state index >= 15 is 0 Å². The minimum Gasteiger partial charge on any atom is -0.492 e. The van der Waals surface area contributed by atoms with E-state index < -0.39 is 16.1 Å². The average Bonchev–Trinajstić information content (AvgIpc) is 3.25. The van der Waals surface area contributed by atoms with Crippen LogP contribution in [0.15, 0.2) is 53.1 Å². The van der Waals surface area contributed by atoms with Crippen LogP contribution in [0.1, 0.15) is 37.3 Å². The summed E-state index contributed by atoms with van der Waals surface area (Å²) in [6.07, 6.45) is 1.86. The Balaban J connectivity index is 1.44. The van der Waals surface area contributed by atoms with Gasteiger partial charge in [-0.1, -0.05) is 31.5 Å². The highest BCUT2D eigenvalue weighted by molar-refractivity contribution is 7.92. The van der Waals surface area contributed by atoms with Crippen LogP contribution >= 0.6 is 11.6 Å². The molecule has 0 aliphatic carbocycles. The van der Waals surface area contributed by atoms with Gasteiger partial charge in [-0.3, -0.25) is 4.72 Å². The summed E-state index contributed by atoms with van der Waals surface area (Å²) in [6, 6.07) is 12.3. The number of ether oxygens (including phenoxy) is 1. The number of aliphatic hydroxyl groups excluding tert-OH is 1. The van der Waals surface area contributed by atoms with Gasteiger partial charge in [-0.05, 0) is 42.0 Å². The van der Waals surface area contributed by atoms with Crippen LogP contribution in [-0.4, -0.2) is 44.5 Å². The van der Waals surface area contributed by atoms with Gasteiger partial charge in [-0.15, -0.1) is 0 Å². The van der Waals surface area contributed by atoms with Crippen LogP contribution in [-0.2, 0) is 10.0 Å². The number of rotatable bonds is 11. The molecule has 3 rings (SSSR count). The van der Waals surface area contributed by atoms with Gasteiger partial charge < -0.3 is 19.6 Å². The molecule has 178 valence electrons. The van der Waals surface area contributed by atoms with Crippen molar-refractivity contribution in [3.63, 3.8) is 0 Å². The normalized spacial score (nSPS) is 12.7. The molecule has 0 amide bonds. The molecule has 33 heavy (non-hydrogen) atoms. The number of hydrogen-bond donors (Lipinski definition) is 3. The number of nitrogens with zero attached hydrogens (tertiary/aromatic N) is 1. The molecule has 0 aliphatic heterocycles. The van der Waals surface area contributed by atoms with Gasteiger partial charge >= 0.3 is 0 Å². The van der Waals surface area contributed by atoms with Crippen molar-refractivity contribution in [1.29, 1.82) is 0 Å². The third-order valence-corrected chi connectivity index (χ3v) is 5.64. The Morgan fingerprint density at radius 1 is 1.18 bits per heavy atom. The Morgan fingerprint density at radius 2 is 1.91 bits per heavy atom. The quantitative estimate of drug-likeness (QED) is 0.343. The van der Waals surface area contributed by atoms with E-state index in [1.165, 1.54) is 6.07 Å². The molecule has 0 saturated carbocycles. The number of hydrogen-bond acceptors (Lipinski definition) is 7. The summed E-state index contributed by atoms with van der Waals surface area (Å²) in [5, 5.41) is 13.8. The lowest BCUT2D eigenvalue weighted by Gasteiger charge is -2.15. The fourth-order valence-corrected chi connectivity index (χ4v) is 3.82. The first-order valence-corrected chi connectivity index (χ1v) is 12.7. The van der Waals surface area contributed by atoms with Crippen LogP contribution in [0.25, 0.3) is 11.3 Å². The molecule has 1 aromatic heterocycles. The second kappa shape index (κ2) is 11.0. The maximum atomic E-state index is 11.4. The largest absolute Gasteiger partial charge is 0.492 e. The second-order valence-corrected chi connectivity index (χ2v) is 10.1. The predicted octanol–water partition coefficient (Wildman–Crippen LogP) is 4.19. The van der Waals surface area contributed by atoms with Gasteiger partial charge in [-0.2, -0.15) is 0 Å². The van der Waals surface area contributed by atoms with Crippen LogP contribution in [0.2, 0.25) is 5.02 Å². The molecule has 0 saturated heterocycles. The number of aliphatic hydroxyl groups is 1. The van der Waals surface area contributed by atoms with Crippen LogP contribution in [0.3, 0.4) is 0 Å². The number of aromatic nitrogens is 1. The third-order valence-electron chi connectivity index (χ3n) is 4.72. The molecule has 0 radical (unpaired) electrons. The molecule has 1 atom stereocenters. The fourth-order valence-electron chi connectivity index (χ4n) is 3.03. The molecular formula is C23H28ClN3O5S. The first-order valence-electron chi connectivity index (χ1n) is 10.5. The van der Waals surface area contributed by atoms with Crippen molar-refractivity contribution >= 4 is 27.3 Å². The first-order chi connectivity index (χ1) is 15.6. The van der Waals surface area contributed by atoms with Gasteiger partial charge in [0.05, 0.1) is 23.1 Å². The third kappa shape index (κ3) is 7.46. The van der Waals surface area contributed by atoms with Gasteiger partial charge in [0, 0.05) is 24.6 Å². The molecule has 0 fully saturated rings. The smallest absolute Gasteiger partial charge is 0.229 e. The lowest BCUT2D eigenvalue weighted by molar-refractivity contribution is 0.172. The van der Waals surface area contributed by atoms with Crippen molar-refractivity contribution in [3.8, 4) is 17.0 Å². The van der Waals surface area contributed by atoms with E-state index in [2.05, 4.69) is 15.0 Å². The number of oxazole rings is 1. The highest BCUT2D eigenvalue weighted by Gasteiger charge is 2.13. The topological polar surface area (TPSA) is 114 Å². The van der Waals surface area contributed by atoms with Crippen molar-refractivity contribution in [1.82, 2.24) is 10.3 Å². The van der Waals surface area contributed by atoms with Gasteiger partial charge in [0.25, 0.3) is 0 Å². The van der Waals surface area contributed by atoms with Gasteiger partial charge in [0.2, 0.25) is 10.0 Å². The zero-order valence-electron chi connectivity index (χ0n) is 18.7. The molecular weight excluding hydrogens is 466 g/mol. The van der Waals surface area contributed by atoms with E-state index in [-0.39, 0.29) is 23.2 Å². The van der Waals surface area contributed by atoms with Crippen LogP contribution in [0.5, 0.6) is 5.75 Å². The Hall–Kier alpha value is -2.59. The SMILES string of the molecule is CC(C)c1nc(-c2ccc(OCCNC[C@@H](O)c3ccc(Cl)c(NS(C)(=O)=O)c3)cc2)co1. The summed E-state index contributed by atoms with van der Waals surface area (Å²) in [7, 11) is -3.47. The summed E-state index contributed by atoms with van der Waals surface area (Å²) in [6.45, 7) is 5.26. The molecule has 8 nitrogen and oxygen atoms in total. The molecule has 0 spiro atoms. The number of benzene rings is 2. The van der Waals surface area contributed by atoms with Crippen LogP contribution in [0.4, 0.5) is 5.69 Å². The lowest BCUT2D eigenvalue weighted by Crippen LogP contribution is -2.26. The second-order valence-electron chi connectivity index (χ2n) is 7.93. The average molecular weight is 494 g/mol. The van der Waals surface area contributed by atoms with Gasteiger partial charge in [0.15, 0.2) is 5.89 Å². The van der Waals surface area contributed by atoms with E-state index in [9.17, 15) is 13.5 Å². The Kier molecular flexibility index (Phi) is 8.36. The standard InChI is InChI=1S/C23H28ClN3O5S/c1-15(2)23-26-21(14-32-23)16-4-7-18(8-5-16)31-11-10-25-13-22(28)17-6-9-19(24)20(12-17)27-33(3,29)30/h4-9,12,14-15,22,25,27-28H,10-11,13H2,1-3H3/t22-/m1/s1. The van der Waals surface area contributed by atoms with Crippen molar-refractivity contribution in [3.05, 3.63) is 65.2 Å². The van der Waals surface area contributed by atoms with E-state index in [0.29, 0.717) is 24.6 Å². The predicted molar refractivity (Wildman–Crippen MR) is 129 cm³/mol. The van der Waals surface area contributed by atoms with Crippen molar-refractivity contribution in [2.45, 2.75) is 25.9 Å². The van der Waals surface area contributed by atoms with E-state index in [1.807, 2.05) is 38.1 Å². The zero-order valence-corrected chi connectivity index (χ0v) is 20.3. The van der Waals surface area contributed by atoms with Crippen molar-refractivity contribution in [2.75, 3.05) is 30.7 Å². The number of nitrogens with one attached hydrogen (secondary N) is 2.